The van der Waals surface area contributed by atoms with Gasteiger partial charge in [-0.3, -0.25) is 9.78 Å². The molecule has 8 heteroatoms. The van der Waals surface area contributed by atoms with Crippen LogP contribution in [-0.2, 0) is 20.7 Å². The van der Waals surface area contributed by atoms with Gasteiger partial charge in [-0.05, 0) is 52.3 Å². The highest BCUT2D eigenvalue weighted by molar-refractivity contribution is 9.10. The smallest absolute Gasteiger partial charge is 0.410 e. The second-order valence-electron chi connectivity index (χ2n) is 8.92. The molecule has 0 atom stereocenters. The summed E-state index contributed by atoms with van der Waals surface area (Å²) in [6, 6.07) is 5.89. The Morgan fingerprint density at radius 1 is 1.18 bits per heavy atom. The van der Waals surface area contributed by atoms with Crippen molar-refractivity contribution in [2.45, 2.75) is 59.5 Å². The standard InChI is InChI=1S/C25H36BrN3O4/c1-6-8-12-32-13-11-27-23-18(16-28-22-15-19(26)9-10-21(22)23)14-20(30)17-29(7-2)24(31)33-25(3,4)5/h9-10,15-16H,6-8,11-14,17H2,1-5H3,(H,27,28). The molecular weight excluding hydrogens is 486 g/mol. The van der Waals surface area contributed by atoms with E-state index in [0.29, 0.717) is 19.7 Å². The summed E-state index contributed by atoms with van der Waals surface area (Å²) in [5.41, 5.74) is 1.89. The number of halogens is 1. The van der Waals surface area contributed by atoms with Crippen LogP contribution in [0.1, 0.15) is 53.0 Å². The van der Waals surface area contributed by atoms with E-state index in [-0.39, 0.29) is 18.7 Å². The van der Waals surface area contributed by atoms with Gasteiger partial charge in [-0.25, -0.2) is 4.79 Å². The molecule has 0 aliphatic carbocycles. The van der Waals surface area contributed by atoms with Crippen molar-refractivity contribution in [1.29, 1.82) is 0 Å². The van der Waals surface area contributed by atoms with Crippen LogP contribution in [0, 0.1) is 0 Å². The van der Waals surface area contributed by atoms with Gasteiger partial charge in [-0.1, -0.05) is 29.3 Å². The predicted octanol–water partition coefficient (Wildman–Crippen LogP) is 5.59. The van der Waals surface area contributed by atoms with Crippen LogP contribution >= 0.6 is 15.9 Å². The average molecular weight is 522 g/mol. The van der Waals surface area contributed by atoms with Crippen molar-refractivity contribution in [3.05, 3.63) is 34.4 Å². The highest BCUT2D eigenvalue weighted by Gasteiger charge is 2.23. The van der Waals surface area contributed by atoms with Gasteiger partial charge in [-0.15, -0.1) is 0 Å². The van der Waals surface area contributed by atoms with Crippen LogP contribution in [0.3, 0.4) is 0 Å². The normalized spacial score (nSPS) is 11.5. The number of rotatable bonds is 12. The minimum absolute atomic E-state index is 0.0106. The Balaban J connectivity index is 2.15. The highest BCUT2D eigenvalue weighted by atomic mass is 79.9. The Labute approximate surface area is 205 Å². The number of ether oxygens (including phenoxy) is 2. The lowest BCUT2D eigenvalue weighted by Crippen LogP contribution is -2.40. The van der Waals surface area contributed by atoms with Crippen molar-refractivity contribution in [2.75, 3.05) is 38.2 Å². The topological polar surface area (TPSA) is 80.8 Å². The number of Topliss-reactive ketones (excluding diaryl/α,β-unsaturated/α-hetero) is 1. The molecule has 7 nitrogen and oxygen atoms in total. The van der Waals surface area contributed by atoms with Gasteiger partial charge < -0.3 is 19.7 Å². The largest absolute Gasteiger partial charge is 0.444 e. The van der Waals surface area contributed by atoms with E-state index in [4.69, 9.17) is 9.47 Å². The van der Waals surface area contributed by atoms with Crippen LogP contribution in [0.15, 0.2) is 28.9 Å². The van der Waals surface area contributed by atoms with E-state index < -0.39 is 11.7 Å². The maximum Gasteiger partial charge on any atom is 0.410 e. The third kappa shape index (κ3) is 8.93. The minimum Gasteiger partial charge on any atom is -0.444 e. The Morgan fingerprint density at radius 2 is 1.94 bits per heavy atom. The molecule has 1 N–H and O–H groups in total. The first kappa shape index (κ1) is 27.1. The molecule has 0 aliphatic rings. The lowest BCUT2D eigenvalue weighted by molar-refractivity contribution is -0.119. The minimum atomic E-state index is -0.611. The van der Waals surface area contributed by atoms with Crippen LogP contribution in [0.25, 0.3) is 10.9 Å². The quantitative estimate of drug-likeness (QED) is 0.366. The van der Waals surface area contributed by atoms with Crippen molar-refractivity contribution in [1.82, 2.24) is 9.88 Å². The number of carbonyl (C=O) groups is 2. The van der Waals surface area contributed by atoms with E-state index in [1.807, 2.05) is 45.9 Å². The summed E-state index contributed by atoms with van der Waals surface area (Å²) in [6.07, 6.45) is 3.55. The number of pyridine rings is 1. The van der Waals surface area contributed by atoms with Crippen LogP contribution < -0.4 is 5.32 Å². The second-order valence-corrected chi connectivity index (χ2v) is 9.84. The van der Waals surface area contributed by atoms with Gasteiger partial charge in [0.1, 0.15) is 5.60 Å². The number of fused-ring (bicyclic) bond motifs is 1. The van der Waals surface area contributed by atoms with Crippen molar-refractivity contribution in [2.24, 2.45) is 0 Å². The monoisotopic (exact) mass is 521 g/mol. The molecule has 0 unspecified atom stereocenters. The number of unbranched alkanes of at least 4 members (excludes halogenated alkanes) is 1. The van der Waals surface area contributed by atoms with Gasteiger partial charge >= 0.3 is 6.09 Å². The van der Waals surface area contributed by atoms with Gasteiger partial charge in [0.2, 0.25) is 0 Å². The van der Waals surface area contributed by atoms with E-state index >= 15 is 0 Å². The van der Waals surface area contributed by atoms with Crippen LogP contribution in [0.2, 0.25) is 0 Å². The first-order valence-corrected chi connectivity index (χ1v) is 12.3. The van der Waals surface area contributed by atoms with Crippen molar-refractivity contribution < 1.29 is 19.1 Å². The molecular formula is C25H36BrN3O4. The van der Waals surface area contributed by atoms with Gasteiger partial charge in [0.15, 0.2) is 5.78 Å². The van der Waals surface area contributed by atoms with Gasteiger partial charge in [0.25, 0.3) is 0 Å². The molecule has 2 aromatic rings. The Bertz CT molecular complexity index is 943. The Hall–Kier alpha value is -2.19. The SMILES string of the molecule is CCCCOCCNc1c(CC(=O)CN(CC)C(=O)OC(C)(C)C)cnc2cc(Br)ccc12. The summed E-state index contributed by atoms with van der Waals surface area (Å²) in [7, 11) is 0. The number of likely N-dealkylation sites (N-methyl/N-ethyl adjacent to an activating group) is 1. The average Bonchev–Trinajstić information content (AvgIpc) is 2.74. The Morgan fingerprint density at radius 3 is 2.61 bits per heavy atom. The number of benzene rings is 1. The van der Waals surface area contributed by atoms with E-state index in [1.54, 1.807) is 6.20 Å². The molecule has 0 aliphatic heterocycles. The molecule has 1 amide bonds. The fourth-order valence-corrected chi connectivity index (χ4v) is 3.61. The first-order chi connectivity index (χ1) is 15.6. The number of amides is 1. The number of hydrogen-bond donors (Lipinski definition) is 1. The fraction of sp³-hybridized carbons (Fsp3) is 0.560. The highest BCUT2D eigenvalue weighted by Crippen LogP contribution is 2.28. The number of hydrogen-bond acceptors (Lipinski definition) is 6. The molecule has 0 spiro atoms. The van der Waals surface area contributed by atoms with Crippen LogP contribution in [-0.4, -0.2) is 60.2 Å². The number of aromatic nitrogens is 1. The number of anilines is 1. The zero-order chi connectivity index (χ0) is 24.4. The molecule has 33 heavy (non-hydrogen) atoms. The third-order valence-electron chi connectivity index (χ3n) is 4.89. The zero-order valence-corrected chi connectivity index (χ0v) is 22.0. The van der Waals surface area contributed by atoms with Gasteiger partial charge in [-0.2, -0.15) is 0 Å². The molecule has 0 saturated carbocycles. The zero-order valence-electron chi connectivity index (χ0n) is 20.4. The first-order valence-electron chi connectivity index (χ1n) is 11.5. The molecule has 182 valence electrons. The molecule has 0 bridgehead atoms. The third-order valence-corrected chi connectivity index (χ3v) is 5.38. The number of ketones is 1. The lowest BCUT2D eigenvalue weighted by atomic mass is 10.0. The van der Waals surface area contributed by atoms with Gasteiger partial charge in [0, 0.05) is 53.4 Å². The van der Waals surface area contributed by atoms with Crippen LogP contribution in [0.4, 0.5) is 10.5 Å². The fourth-order valence-electron chi connectivity index (χ4n) is 3.26. The van der Waals surface area contributed by atoms with Crippen LogP contribution in [0.5, 0.6) is 0 Å². The maximum atomic E-state index is 12.9. The summed E-state index contributed by atoms with van der Waals surface area (Å²) in [5, 5.41) is 4.38. The summed E-state index contributed by atoms with van der Waals surface area (Å²) < 4.78 is 12.0. The predicted molar refractivity (Wildman–Crippen MR) is 136 cm³/mol. The van der Waals surface area contributed by atoms with E-state index in [9.17, 15) is 9.59 Å². The number of nitrogens with zero attached hydrogens (tertiary/aromatic N) is 2. The molecule has 0 fully saturated rings. The lowest BCUT2D eigenvalue weighted by Gasteiger charge is -2.26. The van der Waals surface area contributed by atoms with E-state index in [0.717, 1.165) is 46.1 Å². The molecule has 1 heterocycles. The maximum absolute atomic E-state index is 12.9. The molecule has 0 radical (unpaired) electrons. The number of carbonyl (C=O) groups excluding carboxylic acids is 2. The van der Waals surface area contributed by atoms with Gasteiger partial charge in [0.05, 0.1) is 18.7 Å². The number of nitrogens with one attached hydrogen (secondary N) is 1. The molecule has 1 aromatic heterocycles. The van der Waals surface area contributed by atoms with E-state index in [2.05, 4.69) is 33.2 Å². The van der Waals surface area contributed by atoms with Crippen molar-refractivity contribution in [3.63, 3.8) is 0 Å². The summed E-state index contributed by atoms with van der Waals surface area (Å²) >= 11 is 3.49. The molecule has 1 aromatic carbocycles. The molecule has 2 rings (SSSR count). The van der Waals surface area contributed by atoms with E-state index in [1.165, 1.54) is 4.90 Å². The summed E-state index contributed by atoms with van der Waals surface area (Å²) in [4.78, 5) is 31.3. The van der Waals surface area contributed by atoms with Crippen molar-refractivity contribution >= 4 is 44.4 Å². The summed E-state index contributed by atoms with van der Waals surface area (Å²) in [6.45, 7) is 11.7. The summed E-state index contributed by atoms with van der Waals surface area (Å²) in [5.74, 6) is -0.0804. The Kier molecular flexibility index (Phi) is 10.6. The second kappa shape index (κ2) is 12.9. The van der Waals surface area contributed by atoms with Crippen molar-refractivity contribution in [3.8, 4) is 0 Å². The molecule has 0 saturated heterocycles.